The highest BCUT2D eigenvalue weighted by atomic mass is 16.5. The van der Waals surface area contributed by atoms with Crippen LogP contribution in [0.1, 0.15) is 28.5 Å². The zero-order valence-corrected chi connectivity index (χ0v) is 18.2. The highest BCUT2D eigenvalue weighted by Crippen LogP contribution is 2.43. The molecule has 0 aliphatic carbocycles. The molecule has 7 nitrogen and oxygen atoms in total. The van der Waals surface area contributed by atoms with Gasteiger partial charge < -0.3 is 24.1 Å². The van der Waals surface area contributed by atoms with Gasteiger partial charge in [0, 0.05) is 28.2 Å². The number of ketones is 1. The molecule has 3 heterocycles. The number of para-hydroxylation sites is 1. The second-order valence-corrected chi connectivity index (χ2v) is 7.98. The average Bonchev–Trinajstić information content (AvgIpc) is 3.54. The smallest absolute Gasteiger partial charge is 0.296 e. The molecule has 0 saturated carbocycles. The van der Waals surface area contributed by atoms with Crippen molar-refractivity contribution in [3.05, 3.63) is 95.1 Å². The molecule has 1 fully saturated rings. The molecule has 0 spiro atoms. The number of nitrogens with one attached hydrogen (secondary N) is 1. The van der Waals surface area contributed by atoms with Gasteiger partial charge in [-0.15, -0.1) is 0 Å². The van der Waals surface area contributed by atoms with Crippen LogP contribution in [0.15, 0.2) is 77.0 Å². The number of rotatable bonds is 5. The van der Waals surface area contributed by atoms with Crippen molar-refractivity contribution in [2.75, 3.05) is 7.11 Å². The SMILES string of the molecule is COc1ccc(/C(O)=C2\C(=O)C(=O)N(Cc3ccco3)C2c2c[nH]c3ccccc23)c(C)c1. The van der Waals surface area contributed by atoms with Crippen molar-refractivity contribution in [3.8, 4) is 5.75 Å². The number of aryl methyl sites for hydroxylation is 1. The molecule has 1 aliphatic heterocycles. The van der Waals surface area contributed by atoms with Gasteiger partial charge in [-0.1, -0.05) is 18.2 Å². The molecule has 1 saturated heterocycles. The normalized spacial score (nSPS) is 17.8. The minimum Gasteiger partial charge on any atom is -0.507 e. The van der Waals surface area contributed by atoms with Crippen LogP contribution in [0, 0.1) is 6.92 Å². The van der Waals surface area contributed by atoms with E-state index in [9.17, 15) is 14.7 Å². The van der Waals surface area contributed by atoms with E-state index < -0.39 is 17.7 Å². The lowest BCUT2D eigenvalue weighted by Gasteiger charge is -2.24. The summed E-state index contributed by atoms with van der Waals surface area (Å²) in [6.07, 6.45) is 3.30. The number of methoxy groups -OCH3 is 1. The number of likely N-dealkylation sites (tertiary alicyclic amines) is 1. The quantitative estimate of drug-likeness (QED) is 0.265. The average molecular weight is 442 g/mol. The fraction of sp³-hybridized carbons (Fsp3) is 0.154. The van der Waals surface area contributed by atoms with Gasteiger partial charge in [0.05, 0.1) is 31.5 Å². The highest BCUT2D eigenvalue weighted by molar-refractivity contribution is 6.46. The van der Waals surface area contributed by atoms with E-state index in [2.05, 4.69) is 4.98 Å². The van der Waals surface area contributed by atoms with Crippen molar-refractivity contribution >= 4 is 28.4 Å². The number of H-pyrrole nitrogens is 1. The summed E-state index contributed by atoms with van der Waals surface area (Å²) in [6.45, 7) is 1.91. The Bertz CT molecular complexity index is 1400. The molecule has 4 aromatic rings. The number of carbonyl (C=O) groups is 2. The number of hydrogen-bond donors (Lipinski definition) is 2. The molecule has 1 aliphatic rings. The van der Waals surface area contributed by atoms with E-state index in [-0.39, 0.29) is 17.9 Å². The third-order valence-electron chi connectivity index (χ3n) is 6.05. The van der Waals surface area contributed by atoms with Crippen molar-refractivity contribution in [2.24, 2.45) is 0 Å². The van der Waals surface area contributed by atoms with Crippen LogP contribution < -0.4 is 4.74 Å². The second-order valence-electron chi connectivity index (χ2n) is 7.98. The van der Waals surface area contributed by atoms with Crippen LogP contribution in [0.4, 0.5) is 0 Å². The molecule has 1 unspecified atom stereocenters. The molecule has 0 bridgehead atoms. The molecular weight excluding hydrogens is 420 g/mol. The molecule has 1 atom stereocenters. The van der Waals surface area contributed by atoms with E-state index in [1.165, 1.54) is 11.2 Å². The summed E-state index contributed by atoms with van der Waals surface area (Å²) in [5.41, 5.74) is 2.84. The number of furan rings is 1. The molecule has 5 rings (SSSR count). The minimum absolute atomic E-state index is 0.0459. The topological polar surface area (TPSA) is 95.8 Å². The predicted octanol–water partition coefficient (Wildman–Crippen LogP) is 4.70. The summed E-state index contributed by atoms with van der Waals surface area (Å²) in [7, 11) is 1.56. The number of nitrogens with zero attached hydrogens (tertiary/aromatic N) is 1. The minimum atomic E-state index is -0.784. The van der Waals surface area contributed by atoms with Gasteiger partial charge in [0.25, 0.3) is 11.7 Å². The Morgan fingerprint density at radius 3 is 2.70 bits per heavy atom. The summed E-state index contributed by atoms with van der Waals surface area (Å²) in [4.78, 5) is 31.1. The monoisotopic (exact) mass is 442 g/mol. The van der Waals surface area contributed by atoms with Crippen LogP contribution in [0.25, 0.3) is 16.7 Å². The van der Waals surface area contributed by atoms with E-state index in [1.54, 1.807) is 43.6 Å². The van der Waals surface area contributed by atoms with Crippen molar-refractivity contribution < 1.29 is 23.8 Å². The van der Waals surface area contributed by atoms with Crippen LogP contribution >= 0.6 is 0 Å². The molecule has 2 N–H and O–H groups in total. The molecule has 2 aromatic carbocycles. The zero-order chi connectivity index (χ0) is 23.1. The number of benzene rings is 2. The molecular formula is C26H22N2O5. The Labute approximate surface area is 189 Å². The van der Waals surface area contributed by atoms with Gasteiger partial charge in [-0.05, 0) is 48.9 Å². The van der Waals surface area contributed by atoms with Crippen LogP contribution in [-0.2, 0) is 16.1 Å². The van der Waals surface area contributed by atoms with Crippen molar-refractivity contribution in [1.82, 2.24) is 9.88 Å². The Balaban J connectivity index is 1.72. The van der Waals surface area contributed by atoms with Gasteiger partial charge in [-0.3, -0.25) is 9.59 Å². The highest BCUT2D eigenvalue weighted by Gasteiger charge is 2.47. The first-order valence-electron chi connectivity index (χ1n) is 10.5. The molecule has 0 radical (unpaired) electrons. The Morgan fingerprint density at radius 1 is 1.15 bits per heavy atom. The number of Topliss-reactive ketones (excluding diaryl/α,β-unsaturated/α-hetero) is 1. The van der Waals surface area contributed by atoms with Crippen molar-refractivity contribution in [3.63, 3.8) is 0 Å². The van der Waals surface area contributed by atoms with Crippen LogP contribution in [0.5, 0.6) is 5.75 Å². The lowest BCUT2D eigenvalue weighted by molar-refractivity contribution is -0.140. The lowest BCUT2D eigenvalue weighted by Crippen LogP contribution is -2.29. The standard InChI is InChI=1S/C26H22N2O5/c1-15-12-16(32-2)9-10-18(15)24(29)22-23(20-13-27-21-8-4-3-7-19(20)21)28(26(31)25(22)30)14-17-6-5-11-33-17/h3-13,23,27,29H,14H2,1-2H3/b24-22+. The summed E-state index contributed by atoms with van der Waals surface area (Å²) in [6, 6.07) is 15.5. The lowest BCUT2D eigenvalue weighted by atomic mass is 9.93. The van der Waals surface area contributed by atoms with Crippen LogP contribution in [0.3, 0.4) is 0 Å². The summed E-state index contributed by atoms with van der Waals surface area (Å²) in [5, 5.41) is 12.2. The summed E-state index contributed by atoms with van der Waals surface area (Å²) >= 11 is 0. The number of amides is 1. The van der Waals surface area contributed by atoms with Crippen LogP contribution in [0.2, 0.25) is 0 Å². The van der Waals surface area contributed by atoms with E-state index in [0.29, 0.717) is 17.1 Å². The van der Waals surface area contributed by atoms with Gasteiger partial charge in [0.2, 0.25) is 0 Å². The third kappa shape index (κ3) is 3.38. The van der Waals surface area contributed by atoms with Gasteiger partial charge in [-0.25, -0.2) is 0 Å². The Hall–Kier alpha value is -4.26. The maximum atomic E-state index is 13.3. The number of hydrogen-bond acceptors (Lipinski definition) is 5. The number of carbonyl (C=O) groups excluding carboxylic acids is 2. The number of aliphatic hydroxyl groups is 1. The molecule has 7 heteroatoms. The number of fused-ring (bicyclic) bond motifs is 1. The van der Waals surface area contributed by atoms with Gasteiger partial charge in [0.15, 0.2) is 0 Å². The van der Waals surface area contributed by atoms with E-state index >= 15 is 0 Å². The largest absolute Gasteiger partial charge is 0.507 e. The first-order chi connectivity index (χ1) is 16.0. The third-order valence-corrected chi connectivity index (χ3v) is 6.05. The number of aliphatic hydroxyl groups excluding tert-OH is 1. The maximum absolute atomic E-state index is 13.3. The van der Waals surface area contributed by atoms with E-state index in [0.717, 1.165) is 22.0 Å². The van der Waals surface area contributed by atoms with Crippen molar-refractivity contribution in [1.29, 1.82) is 0 Å². The number of aromatic nitrogens is 1. The van der Waals surface area contributed by atoms with Crippen LogP contribution in [-0.4, -0.2) is 33.8 Å². The first-order valence-corrected chi connectivity index (χ1v) is 10.5. The molecule has 33 heavy (non-hydrogen) atoms. The van der Waals surface area contributed by atoms with Gasteiger partial charge in [0.1, 0.15) is 17.3 Å². The maximum Gasteiger partial charge on any atom is 0.296 e. The molecule has 166 valence electrons. The Morgan fingerprint density at radius 2 is 1.97 bits per heavy atom. The number of aromatic amines is 1. The Kier molecular flexibility index (Phi) is 5.01. The predicted molar refractivity (Wildman–Crippen MR) is 123 cm³/mol. The van der Waals surface area contributed by atoms with Gasteiger partial charge >= 0.3 is 0 Å². The fourth-order valence-electron chi connectivity index (χ4n) is 4.43. The van der Waals surface area contributed by atoms with Gasteiger partial charge in [-0.2, -0.15) is 0 Å². The van der Waals surface area contributed by atoms with E-state index in [4.69, 9.17) is 9.15 Å². The first kappa shape index (κ1) is 20.6. The van der Waals surface area contributed by atoms with E-state index in [1.807, 2.05) is 31.2 Å². The zero-order valence-electron chi connectivity index (χ0n) is 18.2. The fourth-order valence-corrected chi connectivity index (χ4v) is 4.43. The number of ether oxygens (including phenoxy) is 1. The molecule has 1 amide bonds. The molecule has 2 aromatic heterocycles. The summed E-state index contributed by atoms with van der Waals surface area (Å²) < 4.78 is 10.7. The second kappa shape index (κ2) is 8.02. The summed E-state index contributed by atoms with van der Waals surface area (Å²) in [5.74, 6) is -0.456. The van der Waals surface area contributed by atoms with Crippen molar-refractivity contribution in [2.45, 2.75) is 19.5 Å².